The second kappa shape index (κ2) is 8.37. The number of rotatable bonds is 3. The minimum Gasteiger partial charge on any atom is -0.507 e. The van der Waals surface area contributed by atoms with Crippen molar-refractivity contribution in [1.82, 2.24) is 10.3 Å². The summed E-state index contributed by atoms with van der Waals surface area (Å²) in [6.07, 6.45) is 0. The van der Waals surface area contributed by atoms with E-state index in [1.165, 1.54) is 6.07 Å². The van der Waals surface area contributed by atoms with Gasteiger partial charge >= 0.3 is 0 Å². The molecular formula is C26H19N3O3S. The normalized spacial score (nSPS) is 10.9. The third kappa shape index (κ3) is 4.14. The van der Waals surface area contributed by atoms with Crippen LogP contribution in [0.2, 0.25) is 0 Å². The Kier molecular flexibility index (Phi) is 5.24. The molecule has 1 aromatic heterocycles. The number of oxazole rings is 1. The summed E-state index contributed by atoms with van der Waals surface area (Å²) in [7, 11) is 0. The summed E-state index contributed by atoms with van der Waals surface area (Å²) in [5.41, 5.74) is 3.91. The van der Waals surface area contributed by atoms with E-state index < -0.39 is 0 Å². The maximum atomic E-state index is 12.8. The van der Waals surface area contributed by atoms with Crippen LogP contribution in [0.1, 0.15) is 15.9 Å². The number of nitrogens with one attached hydrogen (secondary N) is 2. The van der Waals surface area contributed by atoms with Crippen molar-refractivity contribution in [2.75, 3.05) is 5.32 Å². The molecule has 4 aromatic carbocycles. The number of carbonyl (C=O) groups excluding carboxylic acids is 1. The van der Waals surface area contributed by atoms with E-state index in [0.29, 0.717) is 33.8 Å². The van der Waals surface area contributed by atoms with Gasteiger partial charge < -0.3 is 14.8 Å². The van der Waals surface area contributed by atoms with Gasteiger partial charge in [-0.1, -0.05) is 42.5 Å². The van der Waals surface area contributed by atoms with E-state index in [4.69, 9.17) is 16.6 Å². The van der Waals surface area contributed by atoms with E-state index in [9.17, 15) is 9.90 Å². The van der Waals surface area contributed by atoms with Crippen LogP contribution in [0.3, 0.4) is 0 Å². The van der Waals surface area contributed by atoms with Crippen LogP contribution < -0.4 is 10.6 Å². The lowest BCUT2D eigenvalue weighted by molar-refractivity contribution is 0.0979. The number of aromatic nitrogens is 1. The van der Waals surface area contributed by atoms with Gasteiger partial charge in [-0.25, -0.2) is 4.98 Å². The SMILES string of the molecule is Cc1ccc2nc(-c3cc(NC(=S)NC(=O)c4cccc5ccccc45)ccc3O)oc2c1. The van der Waals surface area contributed by atoms with Gasteiger partial charge in [0.2, 0.25) is 5.89 Å². The highest BCUT2D eigenvalue weighted by Gasteiger charge is 2.15. The van der Waals surface area contributed by atoms with E-state index in [2.05, 4.69) is 15.6 Å². The van der Waals surface area contributed by atoms with Crippen molar-refractivity contribution in [2.45, 2.75) is 6.92 Å². The van der Waals surface area contributed by atoms with Crippen molar-refractivity contribution in [3.05, 3.63) is 90.0 Å². The summed E-state index contributed by atoms with van der Waals surface area (Å²) in [5.74, 6) is 0.00891. The van der Waals surface area contributed by atoms with Gasteiger partial charge in [0.1, 0.15) is 11.3 Å². The van der Waals surface area contributed by atoms with Gasteiger partial charge in [0.05, 0.1) is 5.56 Å². The molecule has 5 aromatic rings. The second-order valence-electron chi connectivity index (χ2n) is 7.66. The van der Waals surface area contributed by atoms with E-state index in [1.54, 1.807) is 18.2 Å². The third-order valence-electron chi connectivity index (χ3n) is 5.29. The lowest BCUT2D eigenvalue weighted by Gasteiger charge is -2.12. The number of nitrogens with zero attached hydrogens (tertiary/aromatic N) is 1. The second-order valence-corrected chi connectivity index (χ2v) is 8.07. The molecule has 0 saturated carbocycles. The molecule has 0 aliphatic rings. The molecule has 7 heteroatoms. The van der Waals surface area contributed by atoms with Crippen LogP contribution >= 0.6 is 12.2 Å². The number of thiocarbonyl (C=S) groups is 1. The molecule has 0 radical (unpaired) electrons. The molecule has 0 aliphatic heterocycles. The maximum absolute atomic E-state index is 12.8. The Hall–Kier alpha value is -4.23. The molecule has 1 amide bonds. The lowest BCUT2D eigenvalue weighted by atomic mass is 10.0. The molecule has 0 unspecified atom stereocenters. The molecule has 6 nitrogen and oxygen atoms in total. The van der Waals surface area contributed by atoms with Gasteiger partial charge in [0.25, 0.3) is 5.91 Å². The number of aromatic hydroxyl groups is 1. The number of hydrogen-bond acceptors (Lipinski definition) is 5. The molecule has 162 valence electrons. The Labute approximate surface area is 194 Å². The minimum atomic E-state index is -0.308. The van der Waals surface area contributed by atoms with Crippen LogP contribution in [0.15, 0.2) is 83.3 Å². The van der Waals surface area contributed by atoms with E-state index in [0.717, 1.165) is 16.3 Å². The summed E-state index contributed by atoms with van der Waals surface area (Å²) in [5, 5.41) is 18.0. The first-order valence-electron chi connectivity index (χ1n) is 10.3. The number of phenols is 1. The summed E-state index contributed by atoms with van der Waals surface area (Å²) in [6.45, 7) is 1.97. The molecule has 0 fully saturated rings. The molecule has 0 saturated heterocycles. The average Bonchev–Trinajstić information content (AvgIpc) is 3.22. The van der Waals surface area contributed by atoms with Gasteiger partial charge in [-0.3, -0.25) is 10.1 Å². The smallest absolute Gasteiger partial charge is 0.258 e. The molecule has 0 bridgehead atoms. The monoisotopic (exact) mass is 453 g/mol. The zero-order valence-electron chi connectivity index (χ0n) is 17.6. The standard InChI is InChI=1S/C26H19N3O3S/c1-15-9-11-21-23(13-15)32-25(28-21)20-14-17(10-12-22(20)30)27-26(33)29-24(31)19-8-4-6-16-5-2-3-7-18(16)19/h2-14,30H,1H3,(H2,27,29,31,33). The molecule has 5 rings (SSSR count). The predicted octanol–water partition coefficient (Wildman–Crippen LogP) is 5.79. The van der Waals surface area contributed by atoms with Crippen LogP contribution in [-0.2, 0) is 0 Å². The van der Waals surface area contributed by atoms with Crippen LogP contribution in [-0.4, -0.2) is 21.1 Å². The molecule has 0 spiro atoms. The molecule has 33 heavy (non-hydrogen) atoms. The molecule has 0 aliphatic carbocycles. The number of fused-ring (bicyclic) bond motifs is 2. The van der Waals surface area contributed by atoms with Gasteiger partial charge in [0, 0.05) is 11.3 Å². The summed E-state index contributed by atoms with van der Waals surface area (Å²) in [6, 6.07) is 23.8. The fourth-order valence-corrected chi connectivity index (χ4v) is 3.90. The highest BCUT2D eigenvalue weighted by molar-refractivity contribution is 7.80. The fraction of sp³-hybridized carbons (Fsp3) is 0.0385. The molecule has 0 atom stereocenters. The van der Waals surface area contributed by atoms with Crippen molar-refractivity contribution in [2.24, 2.45) is 0 Å². The molecule has 3 N–H and O–H groups in total. The number of aryl methyl sites for hydroxylation is 1. The average molecular weight is 454 g/mol. The Morgan fingerprint density at radius 1 is 1.00 bits per heavy atom. The number of phenolic OH excluding ortho intramolecular Hbond substituents is 1. The van der Waals surface area contributed by atoms with Crippen molar-refractivity contribution in [1.29, 1.82) is 0 Å². The molecule has 1 heterocycles. The quantitative estimate of drug-likeness (QED) is 0.237. The first-order valence-corrected chi connectivity index (χ1v) is 10.7. The first-order chi connectivity index (χ1) is 16.0. The van der Waals surface area contributed by atoms with Gasteiger partial charge in [-0.05, 0) is 71.9 Å². The fourth-order valence-electron chi connectivity index (χ4n) is 3.69. The van der Waals surface area contributed by atoms with Crippen molar-refractivity contribution in [3.63, 3.8) is 0 Å². The van der Waals surface area contributed by atoms with Crippen LogP contribution in [0, 0.1) is 6.92 Å². The van der Waals surface area contributed by atoms with Crippen molar-refractivity contribution in [3.8, 4) is 17.2 Å². The Balaban J connectivity index is 1.37. The Morgan fingerprint density at radius 3 is 2.70 bits per heavy atom. The number of carbonyl (C=O) groups is 1. The minimum absolute atomic E-state index is 0.0227. The summed E-state index contributed by atoms with van der Waals surface area (Å²) >= 11 is 5.35. The van der Waals surface area contributed by atoms with Gasteiger partial charge in [0.15, 0.2) is 10.7 Å². The van der Waals surface area contributed by atoms with Gasteiger partial charge in [-0.15, -0.1) is 0 Å². The third-order valence-corrected chi connectivity index (χ3v) is 5.49. The number of hydrogen-bond donors (Lipinski definition) is 3. The van der Waals surface area contributed by atoms with Crippen molar-refractivity contribution < 1.29 is 14.3 Å². The lowest BCUT2D eigenvalue weighted by Crippen LogP contribution is -2.34. The van der Waals surface area contributed by atoms with E-state index in [-0.39, 0.29) is 16.8 Å². The number of anilines is 1. The van der Waals surface area contributed by atoms with Crippen LogP contribution in [0.25, 0.3) is 33.3 Å². The van der Waals surface area contributed by atoms with Crippen molar-refractivity contribution >= 4 is 50.8 Å². The largest absolute Gasteiger partial charge is 0.507 e. The Morgan fingerprint density at radius 2 is 1.82 bits per heavy atom. The topological polar surface area (TPSA) is 87.4 Å². The first kappa shape index (κ1) is 20.7. The highest BCUT2D eigenvalue weighted by atomic mass is 32.1. The number of amides is 1. The Bertz CT molecular complexity index is 1540. The summed E-state index contributed by atoms with van der Waals surface area (Å²) in [4.78, 5) is 17.3. The predicted molar refractivity (Wildman–Crippen MR) is 133 cm³/mol. The van der Waals surface area contributed by atoms with E-state index >= 15 is 0 Å². The highest BCUT2D eigenvalue weighted by Crippen LogP contribution is 2.33. The summed E-state index contributed by atoms with van der Waals surface area (Å²) < 4.78 is 5.84. The van der Waals surface area contributed by atoms with Crippen LogP contribution in [0.5, 0.6) is 5.75 Å². The van der Waals surface area contributed by atoms with Gasteiger partial charge in [-0.2, -0.15) is 0 Å². The van der Waals surface area contributed by atoms with Crippen LogP contribution in [0.4, 0.5) is 5.69 Å². The zero-order valence-corrected chi connectivity index (χ0v) is 18.4. The molecular weight excluding hydrogens is 434 g/mol. The number of benzene rings is 4. The zero-order chi connectivity index (χ0) is 22.9. The maximum Gasteiger partial charge on any atom is 0.258 e. The van der Waals surface area contributed by atoms with E-state index in [1.807, 2.05) is 61.5 Å².